The molecule has 0 saturated carbocycles. The summed E-state index contributed by atoms with van der Waals surface area (Å²) in [6.07, 6.45) is 1.78. The van der Waals surface area contributed by atoms with Crippen LogP contribution >= 0.6 is 27.5 Å². The molecule has 1 nitrogen and oxygen atoms in total. The number of halogens is 2. The monoisotopic (exact) mass is 255 g/mol. The first-order valence-electron chi connectivity index (χ1n) is 3.85. The van der Waals surface area contributed by atoms with E-state index in [1.807, 2.05) is 30.3 Å². The SMILES string of the molecule is Clc1c[nH]c(-c2ccc(Br)cc2)c1. The molecule has 1 aromatic carbocycles. The van der Waals surface area contributed by atoms with E-state index in [2.05, 4.69) is 20.9 Å². The number of aromatic nitrogens is 1. The average Bonchev–Trinajstić information content (AvgIpc) is 2.53. The van der Waals surface area contributed by atoms with Gasteiger partial charge in [-0.15, -0.1) is 0 Å². The Hall–Kier alpha value is -0.730. The molecule has 13 heavy (non-hydrogen) atoms. The second-order valence-corrected chi connectivity index (χ2v) is 4.09. The normalized spacial score (nSPS) is 10.3. The summed E-state index contributed by atoms with van der Waals surface area (Å²) < 4.78 is 1.08. The second-order valence-electron chi connectivity index (χ2n) is 2.74. The van der Waals surface area contributed by atoms with Gasteiger partial charge >= 0.3 is 0 Å². The van der Waals surface area contributed by atoms with E-state index >= 15 is 0 Å². The predicted molar refractivity (Wildman–Crippen MR) is 58.9 cm³/mol. The fourth-order valence-electron chi connectivity index (χ4n) is 1.16. The minimum atomic E-state index is 0.734. The van der Waals surface area contributed by atoms with Crippen molar-refractivity contribution in [1.82, 2.24) is 4.98 Å². The molecular formula is C10H7BrClN. The summed E-state index contributed by atoms with van der Waals surface area (Å²) in [5.41, 5.74) is 2.17. The van der Waals surface area contributed by atoms with Crippen molar-refractivity contribution in [3.8, 4) is 11.3 Å². The van der Waals surface area contributed by atoms with Gasteiger partial charge in [0.15, 0.2) is 0 Å². The average molecular weight is 257 g/mol. The van der Waals surface area contributed by atoms with Gasteiger partial charge in [0.25, 0.3) is 0 Å². The van der Waals surface area contributed by atoms with Crippen molar-refractivity contribution < 1.29 is 0 Å². The van der Waals surface area contributed by atoms with Crippen molar-refractivity contribution in [2.75, 3.05) is 0 Å². The largest absolute Gasteiger partial charge is 0.360 e. The van der Waals surface area contributed by atoms with Gasteiger partial charge in [-0.2, -0.15) is 0 Å². The van der Waals surface area contributed by atoms with Gasteiger partial charge in [0.05, 0.1) is 5.02 Å². The smallest absolute Gasteiger partial charge is 0.0586 e. The Labute approximate surface area is 89.9 Å². The van der Waals surface area contributed by atoms with Crippen molar-refractivity contribution in [2.45, 2.75) is 0 Å². The Morgan fingerprint density at radius 3 is 2.38 bits per heavy atom. The highest BCUT2D eigenvalue weighted by Gasteiger charge is 1.99. The van der Waals surface area contributed by atoms with Gasteiger partial charge < -0.3 is 4.98 Å². The molecule has 0 radical (unpaired) electrons. The molecule has 2 aromatic rings. The third-order valence-corrected chi connectivity index (χ3v) is 2.55. The van der Waals surface area contributed by atoms with Gasteiger partial charge in [-0.1, -0.05) is 39.7 Å². The van der Waals surface area contributed by atoms with E-state index in [0.29, 0.717) is 0 Å². The Kier molecular flexibility index (Phi) is 2.42. The van der Waals surface area contributed by atoms with Crippen LogP contribution in [0.2, 0.25) is 5.02 Å². The van der Waals surface area contributed by atoms with Gasteiger partial charge in [0.1, 0.15) is 0 Å². The summed E-state index contributed by atoms with van der Waals surface area (Å²) in [6, 6.07) is 9.98. The molecule has 1 aromatic heterocycles. The van der Waals surface area contributed by atoms with Crippen molar-refractivity contribution in [1.29, 1.82) is 0 Å². The summed E-state index contributed by atoms with van der Waals surface area (Å²) >= 11 is 9.19. The quantitative estimate of drug-likeness (QED) is 0.791. The number of benzene rings is 1. The topological polar surface area (TPSA) is 15.8 Å². The van der Waals surface area contributed by atoms with Crippen LogP contribution in [0.25, 0.3) is 11.3 Å². The van der Waals surface area contributed by atoms with Gasteiger partial charge in [-0.05, 0) is 23.8 Å². The van der Waals surface area contributed by atoms with Crippen LogP contribution in [0.3, 0.4) is 0 Å². The zero-order valence-electron chi connectivity index (χ0n) is 6.72. The Bertz CT molecular complexity index is 405. The van der Waals surface area contributed by atoms with Crippen LogP contribution < -0.4 is 0 Å². The lowest BCUT2D eigenvalue weighted by molar-refractivity contribution is 1.40. The van der Waals surface area contributed by atoms with Gasteiger partial charge in [0, 0.05) is 16.4 Å². The molecule has 0 aliphatic rings. The number of H-pyrrole nitrogens is 1. The number of nitrogens with one attached hydrogen (secondary N) is 1. The summed E-state index contributed by atoms with van der Waals surface area (Å²) in [4.78, 5) is 3.09. The lowest BCUT2D eigenvalue weighted by Crippen LogP contribution is -1.74. The molecule has 0 aliphatic carbocycles. The first-order valence-corrected chi connectivity index (χ1v) is 5.02. The molecule has 0 spiro atoms. The Morgan fingerprint density at radius 2 is 1.85 bits per heavy atom. The van der Waals surface area contributed by atoms with Crippen LogP contribution in [0.15, 0.2) is 41.0 Å². The van der Waals surface area contributed by atoms with E-state index in [4.69, 9.17) is 11.6 Å². The molecule has 0 unspecified atom stereocenters. The summed E-state index contributed by atoms with van der Waals surface area (Å²) in [6.45, 7) is 0. The molecule has 66 valence electrons. The third-order valence-electron chi connectivity index (χ3n) is 1.80. The van der Waals surface area contributed by atoms with Crippen LogP contribution in [0, 0.1) is 0 Å². The standard InChI is InChI=1S/C10H7BrClN/c11-8-3-1-7(2-4-8)10-5-9(12)6-13-10/h1-6,13H. The van der Waals surface area contributed by atoms with E-state index in [1.165, 1.54) is 0 Å². The number of aromatic amines is 1. The highest BCUT2D eigenvalue weighted by Crippen LogP contribution is 2.22. The van der Waals surface area contributed by atoms with Crippen LogP contribution in [0.5, 0.6) is 0 Å². The van der Waals surface area contributed by atoms with Gasteiger partial charge in [-0.3, -0.25) is 0 Å². The van der Waals surface area contributed by atoms with Gasteiger partial charge in [-0.25, -0.2) is 0 Å². The van der Waals surface area contributed by atoms with Crippen LogP contribution in [0.4, 0.5) is 0 Å². The Balaban J connectivity index is 2.41. The molecule has 0 amide bonds. The van der Waals surface area contributed by atoms with Crippen molar-refractivity contribution in [2.24, 2.45) is 0 Å². The highest BCUT2D eigenvalue weighted by atomic mass is 79.9. The van der Waals surface area contributed by atoms with E-state index in [0.717, 1.165) is 20.8 Å². The molecule has 2 rings (SSSR count). The molecule has 1 heterocycles. The molecule has 0 atom stereocenters. The number of rotatable bonds is 1. The maximum absolute atomic E-state index is 5.80. The molecule has 0 bridgehead atoms. The summed E-state index contributed by atoms with van der Waals surface area (Å²) in [5.74, 6) is 0. The zero-order chi connectivity index (χ0) is 9.26. The molecule has 0 aliphatic heterocycles. The third kappa shape index (κ3) is 1.95. The van der Waals surface area contributed by atoms with Crippen molar-refractivity contribution in [3.05, 3.63) is 46.0 Å². The first kappa shape index (κ1) is 8.85. The Morgan fingerprint density at radius 1 is 1.15 bits per heavy atom. The molecule has 0 saturated heterocycles. The first-order chi connectivity index (χ1) is 6.25. The minimum Gasteiger partial charge on any atom is -0.360 e. The van der Waals surface area contributed by atoms with Crippen LogP contribution in [0.1, 0.15) is 0 Å². The number of hydrogen-bond donors (Lipinski definition) is 1. The van der Waals surface area contributed by atoms with E-state index in [-0.39, 0.29) is 0 Å². The predicted octanol–water partition coefficient (Wildman–Crippen LogP) is 4.10. The molecule has 3 heteroatoms. The van der Waals surface area contributed by atoms with E-state index in [9.17, 15) is 0 Å². The summed E-state index contributed by atoms with van der Waals surface area (Å²) in [5, 5.41) is 0.734. The summed E-state index contributed by atoms with van der Waals surface area (Å²) in [7, 11) is 0. The maximum atomic E-state index is 5.80. The minimum absolute atomic E-state index is 0.734. The molecule has 0 fully saturated rings. The maximum Gasteiger partial charge on any atom is 0.0586 e. The highest BCUT2D eigenvalue weighted by molar-refractivity contribution is 9.10. The number of hydrogen-bond acceptors (Lipinski definition) is 0. The zero-order valence-corrected chi connectivity index (χ0v) is 9.06. The molecular weight excluding hydrogens is 249 g/mol. The second kappa shape index (κ2) is 3.56. The van der Waals surface area contributed by atoms with E-state index in [1.54, 1.807) is 6.20 Å². The lowest BCUT2D eigenvalue weighted by Gasteiger charge is -1.96. The fourth-order valence-corrected chi connectivity index (χ4v) is 1.59. The van der Waals surface area contributed by atoms with Crippen LogP contribution in [-0.4, -0.2) is 4.98 Å². The van der Waals surface area contributed by atoms with Crippen LogP contribution in [-0.2, 0) is 0 Å². The molecule has 1 N–H and O–H groups in total. The lowest BCUT2D eigenvalue weighted by atomic mass is 10.2. The van der Waals surface area contributed by atoms with Crippen molar-refractivity contribution >= 4 is 27.5 Å². The van der Waals surface area contributed by atoms with Gasteiger partial charge in [0.2, 0.25) is 0 Å². The van der Waals surface area contributed by atoms with E-state index < -0.39 is 0 Å². The van der Waals surface area contributed by atoms with Crippen molar-refractivity contribution in [3.63, 3.8) is 0 Å². The fraction of sp³-hybridized carbons (Fsp3) is 0.